The fourth-order valence-electron chi connectivity index (χ4n) is 2.44. The molecular weight excluding hydrogens is 274 g/mol. The maximum absolute atomic E-state index is 3.66. The van der Waals surface area contributed by atoms with E-state index < -0.39 is 0 Å². The first-order valence-corrected chi connectivity index (χ1v) is 7.14. The van der Waals surface area contributed by atoms with Gasteiger partial charge in [0.25, 0.3) is 0 Å². The van der Waals surface area contributed by atoms with Crippen LogP contribution in [0.25, 0.3) is 0 Å². The van der Waals surface area contributed by atoms with Crippen LogP contribution in [0.15, 0.2) is 28.7 Å². The zero-order valence-corrected chi connectivity index (χ0v) is 12.8. The van der Waals surface area contributed by atoms with Crippen LogP contribution in [-0.2, 0) is 5.41 Å². The van der Waals surface area contributed by atoms with E-state index in [2.05, 4.69) is 73.2 Å². The van der Waals surface area contributed by atoms with Gasteiger partial charge in [0.05, 0.1) is 0 Å². The summed E-state index contributed by atoms with van der Waals surface area (Å²) in [5.74, 6) is 0.790. The van der Waals surface area contributed by atoms with Crippen LogP contribution < -0.4 is 5.32 Å². The molecule has 2 atom stereocenters. The number of benzene rings is 1. The van der Waals surface area contributed by atoms with Crippen LogP contribution in [0, 0.1) is 5.92 Å². The largest absolute Gasteiger partial charge is 0.311 e. The molecular formula is C15H22BrN. The Morgan fingerprint density at radius 2 is 1.82 bits per heavy atom. The number of hydrogen-bond donors (Lipinski definition) is 1. The number of hydrogen-bond acceptors (Lipinski definition) is 1. The topological polar surface area (TPSA) is 12.0 Å². The Morgan fingerprint density at radius 3 is 2.24 bits per heavy atom. The summed E-state index contributed by atoms with van der Waals surface area (Å²) in [6.45, 7) is 10.1. The standard InChI is InChI=1S/C15H22BrN/c1-11-9-15(11,10-17-14(2,3)4)12-5-7-13(16)8-6-12/h5-8,11,17H,9-10H2,1-4H3. The first-order valence-electron chi connectivity index (χ1n) is 6.35. The van der Waals surface area contributed by atoms with Gasteiger partial charge in [-0.15, -0.1) is 0 Å². The minimum absolute atomic E-state index is 0.199. The summed E-state index contributed by atoms with van der Waals surface area (Å²) < 4.78 is 1.16. The van der Waals surface area contributed by atoms with E-state index in [-0.39, 0.29) is 5.54 Å². The molecule has 1 aliphatic carbocycles. The lowest BCUT2D eigenvalue weighted by molar-refractivity contribution is 0.392. The highest BCUT2D eigenvalue weighted by Crippen LogP contribution is 2.53. The third-order valence-corrected chi connectivity index (χ3v) is 4.34. The lowest BCUT2D eigenvalue weighted by Crippen LogP contribution is -2.41. The van der Waals surface area contributed by atoms with Gasteiger partial charge < -0.3 is 5.32 Å². The van der Waals surface area contributed by atoms with E-state index in [0.29, 0.717) is 5.41 Å². The van der Waals surface area contributed by atoms with E-state index in [1.807, 2.05) is 0 Å². The highest BCUT2D eigenvalue weighted by atomic mass is 79.9. The fraction of sp³-hybridized carbons (Fsp3) is 0.600. The number of halogens is 1. The van der Waals surface area contributed by atoms with E-state index in [1.54, 1.807) is 0 Å². The molecule has 1 nitrogen and oxygen atoms in total. The average Bonchev–Trinajstić information content (AvgIpc) is 2.88. The molecule has 1 aromatic carbocycles. The predicted molar refractivity (Wildman–Crippen MR) is 77.4 cm³/mol. The van der Waals surface area contributed by atoms with Crippen molar-refractivity contribution in [2.24, 2.45) is 5.92 Å². The molecule has 1 aromatic rings. The normalized spacial score (nSPS) is 28.2. The van der Waals surface area contributed by atoms with Crippen LogP contribution in [0.3, 0.4) is 0 Å². The molecule has 1 fully saturated rings. The molecule has 0 bridgehead atoms. The van der Waals surface area contributed by atoms with Gasteiger partial charge in [0.1, 0.15) is 0 Å². The quantitative estimate of drug-likeness (QED) is 0.885. The molecule has 0 aromatic heterocycles. The predicted octanol–water partition coefficient (Wildman–Crippen LogP) is 4.11. The highest BCUT2D eigenvalue weighted by molar-refractivity contribution is 9.10. The van der Waals surface area contributed by atoms with Crippen molar-refractivity contribution in [2.45, 2.75) is 45.1 Å². The Bertz CT molecular complexity index is 390. The first kappa shape index (κ1) is 13.1. The molecule has 1 saturated carbocycles. The van der Waals surface area contributed by atoms with Gasteiger partial charge in [0.2, 0.25) is 0 Å². The monoisotopic (exact) mass is 295 g/mol. The minimum atomic E-state index is 0.199. The lowest BCUT2D eigenvalue weighted by Gasteiger charge is -2.26. The van der Waals surface area contributed by atoms with Crippen molar-refractivity contribution in [3.8, 4) is 0 Å². The van der Waals surface area contributed by atoms with Crippen LogP contribution in [0.2, 0.25) is 0 Å². The molecule has 0 radical (unpaired) electrons. The molecule has 0 saturated heterocycles. The number of nitrogens with one attached hydrogen (secondary N) is 1. The smallest absolute Gasteiger partial charge is 0.0175 e. The molecule has 2 unspecified atom stereocenters. The molecule has 1 aliphatic rings. The second-order valence-electron chi connectivity index (χ2n) is 6.37. The third-order valence-electron chi connectivity index (χ3n) is 3.81. The molecule has 1 N–H and O–H groups in total. The van der Waals surface area contributed by atoms with Gasteiger partial charge in [-0.2, -0.15) is 0 Å². The molecule has 2 rings (SSSR count). The summed E-state index contributed by atoms with van der Waals surface area (Å²) in [6.07, 6.45) is 1.30. The minimum Gasteiger partial charge on any atom is -0.311 e. The van der Waals surface area contributed by atoms with Crippen molar-refractivity contribution in [1.82, 2.24) is 5.32 Å². The van der Waals surface area contributed by atoms with Crippen molar-refractivity contribution in [3.05, 3.63) is 34.3 Å². The Hall–Kier alpha value is -0.340. The van der Waals surface area contributed by atoms with Crippen molar-refractivity contribution < 1.29 is 0 Å². The Morgan fingerprint density at radius 1 is 1.29 bits per heavy atom. The van der Waals surface area contributed by atoms with Gasteiger partial charge in [-0.25, -0.2) is 0 Å². The van der Waals surface area contributed by atoms with Gasteiger partial charge >= 0.3 is 0 Å². The van der Waals surface area contributed by atoms with Gasteiger partial charge in [-0.1, -0.05) is 35.0 Å². The van der Waals surface area contributed by atoms with Crippen LogP contribution in [0.5, 0.6) is 0 Å². The zero-order chi connectivity index (χ0) is 12.7. The molecule has 0 heterocycles. The molecule has 0 amide bonds. The summed E-state index contributed by atoms with van der Waals surface area (Å²) in [6, 6.07) is 8.83. The highest BCUT2D eigenvalue weighted by Gasteiger charge is 2.52. The SMILES string of the molecule is CC1CC1(CNC(C)(C)C)c1ccc(Br)cc1. The maximum Gasteiger partial charge on any atom is 0.0175 e. The Labute approximate surface area is 113 Å². The second-order valence-corrected chi connectivity index (χ2v) is 7.29. The van der Waals surface area contributed by atoms with Gasteiger partial charge in [0, 0.05) is 22.0 Å². The molecule has 94 valence electrons. The molecule has 2 heteroatoms. The lowest BCUT2D eigenvalue weighted by atomic mass is 9.92. The fourth-order valence-corrected chi connectivity index (χ4v) is 2.71. The van der Waals surface area contributed by atoms with Gasteiger partial charge in [-0.3, -0.25) is 0 Å². The summed E-state index contributed by atoms with van der Waals surface area (Å²) >= 11 is 3.50. The van der Waals surface area contributed by atoms with Crippen LogP contribution in [0.1, 0.15) is 39.7 Å². The Kier molecular flexibility index (Phi) is 3.39. The van der Waals surface area contributed by atoms with Gasteiger partial charge in [0.15, 0.2) is 0 Å². The van der Waals surface area contributed by atoms with Crippen LogP contribution >= 0.6 is 15.9 Å². The summed E-state index contributed by atoms with van der Waals surface area (Å²) in [7, 11) is 0. The van der Waals surface area contributed by atoms with Crippen molar-refractivity contribution in [1.29, 1.82) is 0 Å². The van der Waals surface area contributed by atoms with Crippen molar-refractivity contribution in [2.75, 3.05) is 6.54 Å². The molecule has 17 heavy (non-hydrogen) atoms. The summed E-state index contributed by atoms with van der Waals surface area (Å²) in [4.78, 5) is 0. The van der Waals surface area contributed by atoms with Gasteiger partial charge in [-0.05, 0) is 50.8 Å². The van der Waals surface area contributed by atoms with Crippen LogP contribution in [0.4, 0.5) is 0 Å². The third kappa shape index (κ3) is 2.92. The first-order chi connectivity index (χ1) is 7.83. The number of rotatable bonds is 3. The van der Waals surface area contributed by atoms with Crippen molar-refractivity contribution >= 4 is 15.9 Å². The van der Waals surface area contributed by atoms with E-state index in [9.17, 15) is 0 Å². The van der Waals surface area contributed by atoms with E-state index in [1.165, 1.54) is 12.0 Å². The molecule has 0 aliphatic heterocycles. The van der Waals surface area contributed by atoms with Crippen LogP contribution in [-0.4, -0.2) is 12.1 Å². The summed E-state index contributed by atoms with van der Waals surface area (Å²) in [5.41, 5.74) is 2.04. The van der Waals surface area contributed by atoms with E-state index in [0.717, 1.165) is 16.9 Å². The Balaban J connectivity index is 2.13. The zero-order valence-electron chi connectivity index (χ0n) is 11.2. The van der Waals surface area contributed by atoms with E-state index in [4.69, 9.17) is 0 Å². The summed E-state index contributed by atoms with van der Waals surface area (Å²) in [5, 5.41) is 3.66. The average molecular weight is 296 g/mol. The second kappa shape index (κ2) is 4.40. The van der Waals surface area contributed by atoms with Crippen molar-refractivity contribution in [3.63, 3.8) is 0 Å². The maximum atomic E-state index is 3.66. The van der Waals surface area contributed by atoms with E-state index >= 15 is 0 Å². The molecule has 0 spiro atoms.